The summed E-state index contributed by atoms with van der Waals surface area (Å²) in [4.78, 5) is 0. The first kappa shape index (κ1) is 22.9. The number of rotatable bonds is 0. The summed E-state index contributed by atoms with van der Waals surface area (Å²) in [7, 11) is 0. The third-order valence-corrected chi connectivity index (χ3v) is 0.556. The van der Waals surface area contributed by atoms with Gasteiger partial charge in [-0.3, -0.25) is 0 Å². The Morgan fingerprint density at radius 2 is 0.889 bits per heavy atom. The van der Waals surface area contributed by atoms with Crippen LogP contribution in [-0.4, -0.2) is 0 Å². The van der Waals surface area contributed by atoms with Crippen LogP contribution in [0.15, 0.2) is 24.3 Å². The van der Waals surface area contributed by atoms with Crippen LogP contribution in [-0.2, 0) is 21.1 Å². The topological polar surface area (TPSA) is 0 Å². The Bertz CT molecular complexity index is 62.6. The molecule has 0 nitrogen and oxygen atoms in total. The predicted octanol–water partition coefficient (Wildman–Crippen LogP) is 3.22. The second-order valence-electron chi connectivity index (χ2n) is 0.962. The smallest absolute Gasteiger partial charge is 0.00506 e. The summed E-state index contributed by atoms with van der Waals surface area (Å²) in [6.45, 7) is 0. The second kappa shape index (κ2) is 15.7. The first-order valence-corrected chi connectivity index (χ1v) is 1.67. The van der Waals surface area contributed by atoms with Crippen molar-refractivity contribution in [1.82, 2.24) is 0 Å². The zero-order chi connectivity index (χ0) is 3.54. The zero-order valence-electron chi connectivity index (χ0n) is 3.20. The van der Waals surface area contributed by atoms with Crippen molar-refractivity contribution in [3.05, 3.63) is 30.7 Å². The van der Waals surface area contributed by atoms with E-state index < -0.39 is 0 Å². The van der Waals surface area contributed by atoms with Crippen molar-refractivity contribution >= 4 is 0 Å². The van der Waals surface area contributed by atoms with Crippen LogP contribution in [0.3, 0.4) is 0 Å². The minimum absolute atomic E-state index is 0. The van der Waals surface area contributed by atoms with Crippen molar-refractivity contribution in [2.75, 3.05) is 0 Å². The van der Waals surface area contributed by atoms with Crippen LogP contribution in [0.1, 0.15) is 22.3 Å². The maximum Gasteiger partial charge on any atom is 0.00506 e. The van der Waals surface area contributed by atoms with Crippen LogP contribution < -0.4 is 0 Å². The maximum atomic E-state index is 2.00. The van der Waals surface area contributed by atoms with Gasteiger partial charge in [-0.15, -0.1) is 0 Å². The molecule has 0 aromatic rings. The van der Waals surface area contributed by atoms with Gasteiger partial charge in [0.1, 0.15) is 0 Å². The van der Waals surface area contributed by atoms with Crippen molar-refractivity contribution in [3.8, 4) is 0 Å². The van der Waals surface area contributed by atoms with E-state index in [9.17, 15) is 0 Å². The fraction of sp³-hybridized carbons (Fsp3) is 0.375. The van der Waals surface area contributed by atoms with Crippen LogP contribution in [0.25, 0.3) is 0 Å². The van der Waals surface area contributed by atoms with Gasteiger partial charge in [0.25, 0.3) is 0 Å². The number of allylic oxidation sites excluding steroid dienone is 4. The van der Waals surface area contributed by atoms with E-state index in [2.05, 4.69) is 0 Å². The van der Waals surface area contributed by atoms with Gasteiger partial charge in [-0.05, 0) is 0 Å². The molecule has 0 bridgehead atoms. The van der Waals surface area contributed by atoms with E-state index in [4.69, 9.17) is 0 Å². The normalized spacial score (nSPS) is 9.78. The minimum Gasteiger partial charge on any atom is -0.0776 e. The van der Waals surface area contributed by atoms with Gasteiger partial charge in [0, 0.05) is 27.5 Å². The Hall–Kier alpha value is 0.168. The van der Waals surface area contributed by atoms with Crippen molar-refractivity contribution in [2.45, 2.75) is 22.3 Å². The molecule has 0 aliphatic heterocycles. The molecular formula is C8H17Pt. The van der Waals surface area contributed by atoms with E-state index in [1.54, 1.807) is 0 Å². The monoisotopic (exact) mass is 308 g/mol. The summed E-state index contributed by atoms with van der Waals surface area (Å²) in [6.07, 6.45) is 10.0. The van der Waals surface area contributed by atoms with E-state index in [1.165, 1.54) is 0 Å². The molecule has 0 fully saturated rings. The molecule has 0 heterocycles. The van der Waals surface area contributed by atoms with Crippen molar-refractivity contribution in [3.63, 3.8) is 0 Å². The Morgan fingerprint density at radius 3 is 1.00 bits per heavy atom. The molecule has 0 N–H and O–H groups in total. The SMILES string of the molecule is C.C.C.[CH]1C=CC=C1.[Pt]. The average Bonchev–Trinajstić information content (AvgIpc) is 1.76. The van der Waals surface area contributed by atoms with Gasteiger partial charge >= 0.3 is 0 Å². The van der Waals surface area contributed by atoms with Crippen LogP contribution in [0.4, 0.5) is 0 Å². The first-order valence-electron chi connectivity index (χ1n) is 1.67. The molecular weight excluding hydrogens is 291 g/mol. The predicted molar refractivity (Wildman–Crippen MR) is 42.8 cm³/mol. The summed E-state index contributed by atoms with van der Waals surface area (Å²) in [5, 5.41) is 0. The molecule has 0 saturated heterocycles. The fourth-order valence-corrected chi connectivity index (χ4v) is 0.321. The molecule has 0 amide bonds. The summed E-state index contributed by atoms with van der Waals surface area (Å²) in [5.41, 5.74) is 0. The largest absolute Gasteiger partial charge is 0.0776 e. The molecule has 0 aromatic heterocycles. The fourth-order valence-electron chi connectivity index (χ4n) is 0.321. The first-order chi connectivity index (χ1) is 2.50. The molecule has 0 aromatic carbocycles. The third kappa shape index (κ3) is 11.6. The van der Waals surface area contributed by atoms with E-state index in [1.807, 2.05) is 30.7 Å². The van der Waals surface area contributed by atoms with Gasteiger partial charge in [-0.25, -0.2) is 0 Å². The number of hydrogen-bond acceptors (Lipinski definition) is 0. The van der Waals surface area contributed by atoms with Crippen LogP contribution in [0.2, 0.25) is 0 Å². The molecule has 0 saturated carbocycles. The molecule has 0 unspecified atom stereocenters. The summed E-state index contributed by atoms with van der Waals surface area (Å²) in [5.74, 6) is 0. The van der Waals surface area contributed by atoms with Gasteiger partial charge in [0.05, 0.1) is 0 Å². The van der Waals surface area contributed by atoms with Crippen molar-refractivity contribution < 1.29 is 21.1 Å². The van der Waals surface area contributed by atoms with Gasteiger partial charge in [-0.1, -0.05) is 46.6 Å². The van der Waals surface area contributed by atoms with E-state index >= 15 is 0 Å². The molecule has 59 valence electrons. The summed E-state index contributed by atoms with van der Waals surface area (Å²) in [6, 6.07) is 0. The van der Waals surface area contributed by atoms with Crippen molar-refractivity contribution in [1.29, 1.82) is 0 Å². The van der Waals surface area contributed by atoms with Gasteiger partial charge in [0.15, 0.2) is 0 Å². The second-order valence-corrected chi connectivity index (χ2v) is 0.962. The maximum absolute atomic E-state index is 2.00. The zero-order valence-corrected chi connectivity index (χ0v) is 5.48. The molecule has 0 spiro atoms. The van der Waals surface area contributed by atoms with E-state index in [0.29, 0.717) is 0 Å². The number of hydrogen-bond donors (Lipinski definition) is 0. The van der Waals surface area contributed by atoms with Crippen LogP contribution in [0, 0.1) is 6.42 Å². The Morgan fingerprint density at radius 1 is 0.556 bits per heavy atom. The molecule has 1 aliphatic rings. The summed E-state index contributed by atoms with van der Waals surface area (Å²) >= 11 is 0. The van der Waals surface area contributed by atoms with Gasteiger partial charge < -0.3 is 0 Å². The molecule has 0 atom stereocenters. The average molecular weight is 308 g/mol. The third-order valence-electron chi connectivity index (χ3n) is 0.556. The van der Waals surface area contributed by atoms with Crippen molar-refractivity contribution in [2.24, 2.45) is 0 Å². The summed E-state index contributed by atoms with van der Waals surface area (Å²) < 4.78 is 0. The quantitative estimate of drug-likeness (QED) is 0.644. The van der Waals surface area contributed by atoms with Crippen LogP contribution >= 0.6 is 0 Å². The Kier molecular flexibility index (Phi) is 40.0. The standard InChI is InChI=1S/C5H5.3CH4.Pt/c1-2-4-5-3-1;;;;/h1-5H;3*1H4;. The minimum atomic E-state index is 0. The van der Waals surface area contributed by atoms with Gasteiger partial charge in [-0.2, -0.15) is 0 Å². The Balaban J connectivity index is -0.0000000312. The van der Waals surface area contributed by atoms with E-state index in [0.717, 1.165) is 0 Å². The molecule has 1 aliphatic carbocycles. The molecule has 1 radical (unpaired) electrons. The molecule has 1 heteroatoms. The molecule has 1 rings (SSSR count). The van der Waals surface area contributed by atoms with E-state index in [-0.39, 0.29) is 43.3 Å². The van der Waals surface area contributed by atoms with Crippen LogP contribution in [0.5, 0.6) is 0 Å². The van der Waals surface area contributed by atoms with Gasteiger partial charge in [0.2, 0.25) is 0 Å². The Labute approximate surface area is 74.3 Å². The molecule has 9 heavy (non-hydrogen) atoms.